The molecule has 0 amide bonds. The Morgan fingerprint density at radius 1 is 1.40 bits per heavy atom. The summed E-state index contributed by atoms with van der Waals surface area (Å²) in [4.78, 5) is 27.7. The fourth-order valence-corrected chi connectivity index (χ4v) is 6.91. The lowest BCUT2D eigenvalue weighted by molar-refractivity contribution is -0.156. The third-order valence-electron chi connectivity index (χ3n) is 8.52. The van der Waals surface area contributed by atoms with Crippen molar-refractivity contribution in [2.24, 2.45) is 33.7 Å². The molecule has 2 saturated carbocycles. The average Bonchev–Trinajstić information content (AvgIpc) is 2.91. The van der Waals surface area contributed by atoms with E-state index < -0.39 is 40.7 Å². The van der Waals surface area contributed by atoms with Crippen LogP contribution in [0.1, 0.15) is 39.5 Å². The molecule has 0 aromatic carbocycles. The summed E-state index contributed by atoms with van der Waals surface area (Å²) in [6.45, 7) is 7.08. The van der Waals surface area contributed by atoms with E-state index in [0.717, 1.165) is 0 Å². The van der Waals surface area contributed by atoms with Crippen LogP contribution in [0.25, 0.3) is 10.4 Å². The first kappa shape index (κ1) is 21.0. The first-order valence-corrected chi connectivity index (χ1v) is 10.3. The highest BCUT2D eigenvalue weighted by molar-refractivity contribution is 5.96. The van der Waals surface area contributed by atoms with E-state index in [1.54, 1.807) is 0 Å². The summed E-state index contributed by atoms with van der Waals surface area (Å²) in [6.07, 6.45) is 4.01. The monoisotopic (exact) mass is 413 g/mol. The number of ketones is 2. The number of Topliss-reactive ketones (excluding diaryl/α,β-unsaturated/α-hetero) is 1. The second kappa shape index (κ2) is 6.62. The number of azide groups is 1. The van der Waals surface area contributed by atoms with Crippen LogP contribution in [0, 0.1) is 28.6 Å². The van der Waals surface area contributed by atoms with E-state index in [9.17, 15) is 24.9 Å². The van der Waals surface area contributed by atoms with E-state index in [2.05, 4.69) is 16.6 Å². The maximum atomic E-state index is 12.6. The van der Waals surface area contributed by atoms with Gasteiger partial charge in [-0.05, 0) is 71.6 Å². The molecule has 30 heavy (non-hydrogen) atoms. The summed E-state index contributed by atoms with van der Waals surface area (Å²) in [6, 6.07) is 0. The van der Waals surface area contributed by atoms with Crippen LogP contribution >= 0.6 is 0 Å². The van der Waals surface area contributed by atoms with Crippen LogP contribution < -0.4 is 0 Å². The minimum absolute atomic E-state index is 0.0431. The molecular weight excluding hydrogens is 386 g/mol. The fourth-order valence-electron chi connectivity index (χ4n) is 6.91. The number of rotatable bonds is 3. The third-order valence-corrected chi connectivity index (χ3v) is 8.52. The van der Waals surface area contributed by atoms with Crippen molar-refractivity contribution in [3.63, 3.8) is 0 Å². The van der Waals surface area contributed by atoms with E-state index in [1.807, 2.05) is 19.9 Å². The normalized spacial score (nSPS) is 44.8. The van der Waals surface area contributed by atoms with E-state index >= 15 is 0 Å². The summed E-state index contributed by atoms with van der Waals surface area (Å²) in [5, 5.41) is 35.1. The maximum Gasteiger partial charge on any atom is 0.194 e. The molecule has 0 saturated heterocycles. The van der Waals surface area contributed by atoms with Crippen LogP contribution in [0.3, 0.4) is 0 Å². The maximum absolute atomic E-state index is 12.6. The zero-order valence-electron chi connectivity index (χ0n) is 17.2. The average molecular weight is 413 g/mol. The molecule has 160 valence electrons. The van der Waals surface area contributed by atoms with Gasteiger partial charge in [-0.3, -0.25) is 9.59 Å². The number of aliphatic hydroxyl groups is 3. The van der Waals surface area contributed by atoms with E-state index in [0.29, 0.717) is 36.1 Å². The van der Waals surface area contributed by atoms with Crippen molar-refractivity contribution in [2.45, 2.75) is 51.2 Å². The van der Waals surface area contributed by atoms with E-state index in [-0.39, 0.29) is 24.2 Å². The molecule has 0 aliphatic heterocycles. The van der Waals surface area contributed by atoms with Gasteiger partial charge in [-0.1, -0.05) is 31.6 Å². The van der Waals surface area contributed by atoms with Gasteiger partial charge in [-0.25, -0.2) is 0 Å². The topological polar surface area (TPSA) is 144 Å². The molecule has 8 heteroatoms. The lowest BCUT2D eigenvalue weighted by atomic mass is 9.47. The Balaban J connectivity index is 1.88. The van der Waals surface area contributed by atoms with Gasteiger partial charge in [0.05, 0.1) is 0 Å². The molecule has 7 atom stereocenters. The SMILES string of the molecule is C=C1C[C@H]2[C@@H]3C=C(N=[N+]=[N-])C4=CC(=O)C(O)C[C@]4(C)[C@H]3CC[C@]2(C)[C@@]1(O)C(=O)CO. The van der Waals surface area contributed by atoms with Crippen LogP contribution in [0.4, 0.5) is 0 Å². The van der Waals surface area contributed by atoms with Gasteiger partial charge in [0.1, 0.15) is 12.7 Å². The highest BCUT2D eigenvalue weighted by Crippen LogP contribution is 2.68. The Morgan fingerprint density at radius 3 is 2.73 bits per heavy atom. The summed E-state index contributed by atoms with van der Waals surface area (Å²) < 4.78 is 0. The van der Waals surface area contributed by atoms with Gasteiger partial charge in [0.2, 0.25) is 0 Å². The molecule has 8 nitrogen and oxygen atoms in total. The lowest BCUT2D eigenvalue weighted by Gasteiger charge is -2.57. The highest BCUT2D eigenvalue weighted by Gasteiger charge is 2.67. The fraction of sp³-hybridized carbons (Fsp3) is 0.636. The van der Waals surface area contributed by atoms with Gasteiger partial charge in [0.25, 0.3) is 0 Å². The molecule has 4 aliphatic rings. The van der Waals surface area contributed by atoms with Crippen molar-refractivity contribution in [2.75, 3.05) is 6.61 Å². The van der Waals surface area contributed by atoms with Crippen molar-refractivity contribution in [1.29, 1.82) is 0 Å². The zero-order valence-corrected chi connectivity index (χ0v) is 17.2. The number of nitrogens with zero attached hydrogens (tertiary/aromatic N) is 3. The smallest absolute Gasteiger partial charge is 0.194 e. The van der Waals surface area contributed by atoms with Crippen molar-refractivity contribution in [3.8, 4) is 0 Å². The number of hydrogen-bond acceptors (Lipinski definition) is 6. The van der Waals surface area contributed by atoms with Crippen LogP contribution in [0.5, 0.6) is 0 Å². The van der Waals surface area contributed by atoms with Crippen molar-refractivity contribution in [3.05, 3.63) is 46.0 Å². The van der Waals surface area contributed by atoms with Gasteiger partial charge in [0.15, 0.2) is 17.2 Å². The van der Waals surface area contributed by atoms with Gasteiger partial charge >= 0.3 is 0 Å². The number of fused-ring (bicyclic) bond motifs is 5. The first-order chi connectivity index (χ1) is 14.0. The Labute approximate surface area is 174 Å². The van der Waals surface area contributed by atoms with Gasteiger partial charge < -0.3 is 15.3 Å². The Bertz CT molecular complexity index is 964. The summed E-state index contributed by atoms with van der Waals surface area (Å²) in [7, 11) is 0. The van der Waals surface area contributed by atoms with Crippen LogP contribution in [0.2, 0.25) is 0 Å². The molecule has 0 bridgehead atoms. The predicted octanol–water partition coefficient (Wildman–Crippen LogP) is 2.36. The molecular formula is C22H27N3O5. The van der Waals surface area contributed by atoms with Gasteiger partial charge in [0, 0.05) is 16.0 Å². The summed E-state index contributed by atoms with van der Waals surface area (Å²) >= 11 is 0. The predicted molar refractivity (Wildman–Crippen MR) is 108 cm³/mol. The van der Waals surface area contributed by atoms with Crippen LogP contribution in [0.15, 0.2) is 40.7 Å². The molecule has 1 unspecified atom stereocenters. The van der Waals surface area contributed by atoms with E-state index in [1.165, 1.54) is 6.08 Å². The first-order valence-electron chi connectivity index (χ1n) is 10.3. The number of hydrogen-bond donors (Lipinski definition) is 3. The second-order valence-corrected chi connectivity index (χ2v) is 9.68. The molecule has 2 fully saturated rings. The summed E-state index contributed by atoms with van der Waals surface area (Å²) in [5.74, 6) is -1.28. The Hall–Kier alpha value is -2.25. The minimum atomic E-state index is -1.80. The minimum Gasteiger partial charge on any atom is -0.388 e. The second-order valence-electron chi connectivity index (χ2n) is 9.68. The Morgan fingerprint density at radius 2 is 2.10 bits per heavy atom. The Kier molecular flexibility index (Phi) is 4.64. The molecule has 3 N–H and O–H groups in total. The molecule has 0 heterocycles. The molecule has 0 radical (unpaired) electrons. The van der Waals surface area contributed by atoms with Crippen molar-refractivity contribution in [1.82, 2.24) is 0 Å². The van der Waals surface area contributed by atoms with Crippen LogP contribution in [-0.2, 0) is 9.59 Å². The molecule has 0 spiro atoms. The summed E-state index contributed by atoms with van der Waals surface area (Å²) in [5.41, 5.74) is 7.35. The van der Waals surface area contributed by atoms with Gasteiger partial charge in [-0.15, -0.1) is 0 Å². The number of carbonyl (C=O) groups excluding carboxylic acids is 2. The van der Waals surface area contributed by atoms with Crippen molar-refractivity contribution < 1.29 is 24.9 Å². The number of aliphatic hydroxyl groups excluding tert-OH is 2. The number of allylic oxidation sites excluding steroid dienone is 2. The molecule has 4 aliphatic carbocycles. The van der Waals surface area contributed by atoms with Crippen molar-refractivity contribution >= 4 is 11.6 Å². The van der Waals surface area contributed by atoms with Gasteiger partial charge in [-0.2, -0.15) is 0 Å². The standard InChI is InChI=1S/C22H27N3O5/c1-11-6-14-12-7-16(24-25-23)15-8-17(27)18(28)9-20(15,2)13(12)4-5-21(14,3)22(11,30)19(29)10-26/h7-8,12-14,18,26,28,30H,1,4-6,9-10H2,2-3H3/t12-,13+,14+,18?,20-,21+,22+/m1/s1. The third kappa shape index (κ3) is 2.42. The quantitative estimate of drug-likeness (QED) is 0.282. The zero-order chi connectivity index (χ0) is 22.1. The molecule has 4 rings (SSSR count). The number of carbonyl (C=O) groups is 2. The lowest BCUT2D eigenvalue weighted by Crippen LogP contribution is -2.58. The van der Waals surface area contributed by atoms with E-state index in [4.69, 9.17) is 5.53 Å². The largest absolute Gasteiger partial charge is 0.388 e. The highest BCUT2D eigenvalue weighted by atomic mass is 16.3. The van der Waals surface area contributed by atoms with Crippen LogP contribution in [-0.4, -0.2) is 45.2 Å². The molecule has 0 aromatic heterocycles. The molecule has 0 aromatic rings.